The molecular formula is C15H10ClF6NO. The average molecular weight is 370 g/mol. The van der Waals surface area contributed by atoms with Crippen molar-refractivity contribution in [1.82, 2.24) is 0 Å². The number of hydrogen-bond acceptors (Lipinski definition) is 2. The molecule has 0 spiro atoms. The molecule has 130 valence electrons. The molecular weight excluding hydrogens is 360 g/mol. The van der Waals surface area contributed by atoms with Gasteiger partial charge in [0, 0.05) is 0 Å². The molecule has 2 rings (SSSR count). The molecule has 0 amide bonds. The van der Waals surface area contributed by atoms with E-state index in [1.807, 2.05) is 0 Å². The first-order valence-corrected chi connectivity index (χ1v) is 6.83. The number of rotatable bonds is 3. The lowest BCUT2D eigenvalue weighted by molar-refractivity contribution is -0.274. The van der Waals surface area contributed by atoms with Crippen molar-refractivity contribution in [3.63, 3.8) is 0 Å². The Bertz CT molecular complexity index is 711. The number of nitrogens with two attached hydrogens (primary N) is 1. The predicted molar refractivity (Wildman–Crippen MR) is 75.6 cm³/mol. The number of benzene rings is 2. The summed E-state index contributed by atoms with van der Waals surface area (Å²) in [6.45, 7) is 0. The highest BCUT2D eigenvalue weighted by Crippen LogP contribution is 2.36. The lowest BCUT2D eigenvalue weighted by Crippen LogP contribution is -2.17. The lowest BCUT2D eigenvalue weighted by Gasteiger charge is -2.16. The van der Waals surface area contributed by atoms with Crippen LogP contribution in [0.3, 0.4) is 0 Å². The fourth-order valence-electron chi connectivity index (χ4n) is 2.02. The third kappa shape index (κ3) is 4.55. The van der Waals surface area contributed by atoms with Crippen molar-refractivity contribution in [3.8, 4) is 5.75 Å². The van der Waals surface area contributed by atoms with Gasteiger partial charge in [-0.2, -0.15) is 13.2 Å². The van der Waals surface area contributed by atoms with Gasteiger partial charge in [-0.25, -0.2) is 0 Å². The van der Waals surface area contributed by atoms with Crippen molar-refractivity contribution < 1.29 is 31.1 Å². The maximum absolute atomic E-state index is 12.9. The van der Waals surface area contributed by atoms with E-state index in [-0.39, 0.29) is 5.56 Å². The van der Waals surface area contributed by atoms with Crippen LogP contribution >= 0.6 is 11.6 Å². The summed E-state index contributed by atoms with van der Waals surface area (Å²) in [7, 11) is 0. The SMILES string of the molecule is N[C@H](c1ccc(OC(F)(F)F)cc1)c1ccc(Cl)c(C(F)(F)F)c1. The van der Waals surface area contributed by atoms with Crippen LogP contribution in [0.4, 0.5) is 26.3 Å². The Balaban J connectivity index is 2.27. The zero-order valence-corrected chi connectivity index (χ0v) is 12.5. The van der Waals surface area contributed by atoms with E-state index in [0.29, 0.717) is 5.56 Å². The van der Waals surface area contributed by atoms with Crippen molar-refractivity contribution in [3.05, 3.63) is 64.2 Å². The fourth-order valence-corrected chi connectivity index (χ4v) is 2.25. The number of halogens is 7. The standard InChI is InChI=1S/C15H10ClF6NO/c16-12-6-3-9(7-11(12)14(17,18)19)13(23)8-1-4-10(5-2-8)24-15(20,21)22/h1-7,13H,23H2/t13-/m1/s1. The Morgan fingerprint density at radius 1 is 0.875 bits per heavy atom. The largest absolute Gasteiger partial charge is 0.573 e. The predicted octanol–water partition coefficient (Wildman–Crippen LogP) is 5.31. The first-order valence-electron chi connectivity index (χ1n) is 6.45. The number of ether oxygens (including phenoxy) is 1. The summed E-state index contributed by atoms with van der Waals surface area (Å²) >= 11 is 5.53. The summed E-state index contributed by atoms with van der Waals surface area (Å²) in [5, 5.41) is -0.465. The van der Waals surface area contributed by atoms with Crippen molar-refractivity contribution in [1.29, 1.82) is 0 Å². The zero-order valence-electron chi connectivity index (χ0n) is 11.8. The molecule has 0 saturated heterocycles. The summed E-state index contributed by atoms with van der Waals surface area (Å²) in [6, 6.07) is 6.78. The van der Waals surface area contributed by atoms with E-state index in [2.05, 4.69) is 4.74 Å². The summed E-state index contributed by atoms with van der Waals surface area (Å²) < 4.78 is 78.6. The third-order valence-corrected chi connectivity index (χ3v) is 3.46. The fraction of sp³-hybridized carbons (Fsp3) is 0.200. The van der Waals surface area contributed by atoms with E-state index in [9.17, 15) is 26.3 Å². The molecule has 2 nitrogen and oxygen atoms in total. The maximum Gasteiger partial charge on any atom is 0.573 e. The highest BCUT2D eigenvalue weighted by Gasteiger charge is 2.34. The molecule has 0 aliphatic heterocycles. The minimum atomic E-state index is -4.83. The number of alkyl halides is 6. The molecule has 9 heteroatoms. The molecule has 0 radical (unpaired) electrons. The van der Waals surface area contributed by atoms with Gasteiger partial charge in [-0.3, -0.25) is 0 Å². The molecule has 0 bridgehead atoms. The summed E-state index contributed by atoms with van der Waals surface area (Å²) in [5.74, 6) is -0.453. The smallest absolute Gasteiger partial charge is 0.406 e. The molecule has 2 aromatic rings. The summed E-state index contributed by atoms with van der Waals surface area (Å²) in [6.07, 6.45) is -9.47. The van der Waals surface area contributed by atoms with E-state index >= 15 is 0 Å². The molecule has 0 aliphatic carbocycles. The lowest BCUT2D eigenvalue weighted by atomic mass is 9.97. The molecule has 1 atom stereocenters. The Hall–Kier alpha value is -1.93. The van der Waals surface area contributed by atoms with Gasteiger partial charge in [0.15, 0.2) is 0 Å². The van der Waals surface area contributed by atoms with Crippen LogP contribution in [0.25, 0.3) is 0 Å². The van der Waals surface area contributed by atoms with Crippen molar-refractivity contribution in [2.45, 2.75) is 18.6 Å². The van der Waals surface area contributed by atoms with Gasteiger partial charge in [-0.15, -0.1) is 13.2 Å². The quantitative estimate of drug-likeness (QED) is 0.745. The highest BCUT2D eigenvalue weighted by molar-refractivity contribution is 6.31. The van der Waals surface area contributed by atoms with Crippen LogP contribution in [-0.4, -0.2) is 6.36 Å². The first-order chi connectivity index (χ1) is 11.0. The van der Waals surface area contributed by atoms with Crippen molar-refractivity contribution in [2.75, 3.05) is 0 Å². The first kappa shape index (κ1) is 18.4. The van der Waals surface area contributed by atoms with Crippen molar-refractivity contribution >= 4 is 11.6 Å². The highest BCUT2D eigenvalue weighted by atomic mass is 35.5. The second-order valence-corrected chi connectivity index (χ2v) is 5.24. The van der Waals surface area contributed by atoms with Crippen LogP contribution < -0.4 is 10.5 Å². The van der Waals surface area contributed by atoms with Gasteiger partial charge in [0.2, 0.25) is 0 Å². The van der Waals surface area contributed by atoms with Crippen LogP contribution in [0.15, 0.2) is 42.5 Å². The van der Waals surface area contributed by atoms with Gasteiger partial charge in [0.05, 0.1) is 16.6 Å². The van der Waals surface area contributed by atoms with Crippen LogP contribution in [0.1, 0.15) is 22.7 Å². The van der Waals surface area contributed by atoms with E-state index in [1.165, 1.54) is 18.2 Å². The van der Waals surface area contributed by atoms with Crippen LogP contribution in [0.2, 0.25) is 5.02 Å². The molecule has 2 aromatic carbocycles. The molecule has 0 unspecified atom stereocenters. The van der Waals surface area contributed by atoms with E-state index in [1.54, 1.807) is 0 Å². The van der Waals surface area contributed by atoms with Crippen molar-refractivity contribution in [2.24, 2.45) is 5.73 Å². The monoisotopic (exact) mass is 369 g/mol. The maximum atomic E-state index is 12.9. The summed E-state index contributed by atoms with van der Waals surface area (Å²) in [4.78, 5) is 0. The van der Waals surface area contributed by atoms with Crippen LogP contribution in [0, 0.1) is 0 Å². The van der Waals surface area contributed by atoms with Gasteiger partial charge >= 0.3 is 12.5 Å². The third-order valence-electron chi connectivity index (χ3n) is 3.13. The number of hydrogen-bond donors (Lipinski definition) is 1. The minimum Gasteiger partial charge on any atom is -0.406 e. The van der Waals surface area contributed by atoms with E-state index < -0.39 is 34.9 Å². The Morgan fingerprint density at radius 2 is 1.42 bits per heavy atom. The minimum absolute atomic E-state index is 0.121. The van der Waals surface area contributed by atoms with E-state index in [4.69, 9.17) is 17.3 Å². The second kappa shape index (κ2) is 6.52. The Kier molecular flexibility index (Phi) is 5.00. The van der Waals surface area contributed by atoms with E-state index in [0.717, 1.165) is 24.3 Å². The molecule has 0 aromatic heterocycles. The molecule has 0 heterocycles. The van der Waals surface area contributed by atoms with Gasteiger partial charge in [-0.05, 0) is 35.4 Å². The van der Waals surface area contributed by atoms with Crippen LogP contribution in [0.5, 0.6) is 5.75 Å². The van der Waals surface area contributed by atoms with Gasteiger partial charge in [0.1, 0.15) is 5.75 Å². The topological polar surface area (TPSA) is 35.2 Å². The van der Waals surface area contributed by atoms with Crippen LogP contribution in [-0.2, 0) is 6.18 Å². The van der Waals surface area contributed by atoms with Gasteiger partial charge in [-0.1, -0.05) is 29.8 Å². The summed E-state index contributed by atoms with van der Waals surface area (Å²) in [5.41, 5.74) is 5.29. The van der Waals surface area contributed by atoms with Gasteiger partial charge < -0.3 is 10.5 Å². The molecule has 24 heavy (non-hydrogen) atoms. The molecule has 0 aliphatic rings. The molecule has 0 saturated carbocycles. The second-order valence-electron chi connectivity index (χ2n) is 4.83. The zero-order chi connectivity index (χ0) is 18.1. The van der Waals surface area contributed by atoms with Gasteiger partial charge in [0.25, 0.3) is 0 Å². The normalized spacial score (nSPS) is 13.7. The Labute approximate surface area is 137 Å². The Morgan fingerprint density at radius 3 is 1.92 bits per heavy atom. The molecule has 0 fully saturated rings. The average Bonchev–Trinajstić information content (AvgIpc) is 2.45. The molecule has 2 N–H and O–H groups in total.